The lowest BCUT2D eigenvalue weighted by Gasteiger charge is -2.13. The van der Waals surface area contributed by atoms with Crippen molar-refractivity contribution in [3.63, 3.8) is 0 Å². The summed E-state index contributed by atoms with van der Waals surface area (Å²) in [6.45, 7) is 1.65. The number of carbonyl (C=O) groups excluding carboxylic acids is 2. The molecule has 2 aromatic carbocycles. The largest absolute Gasteiger partial charge is 0.506 e. The number of nitrogens with zero attached hydrogens (tertiary/aromatic N) is 3. The molecular formula is C29H21F2N5O4. The number of ether oxygens (including phenoxy) is 1. The smallest absolute Gasteiger partial charge is 0.261 e. The molecule has 5 aromatic rings. The van der Waals surface area contributed by atoms with Crippen LogP contribution in [0.1, 0.15) is 26.4 Å². The predicted octanol–water partition coefficient (Wildman–Crippen LogP) is 5.39. The highest BCUT2D eigenvalue weighted by molar-refractivity contribution is 6.07. The molecule has 3 aromatic heterocycles. The van der Waals surface area contributed by atoms with Gasteiger partial charge < -0.3 is 20.5 Å². The van der Waals surface area contributed by atoms with E-state index in [2.05, 4.69) is 25.6 Å². The first-order valence-electron chi connectivity index (χ1n) is 11.9. The van der Waals surface area contributed by atoms with Gasteiger partial charge in [-0.3, -0.25) is 19.6 Å². The lowest BCUT2D eigenvalue weighted by molar-refractivity contribution is 0.0961. The standard InChI is InChI=1S/C29H21F2N5O4/c1-15-25(16-3-5-18(30)6-4-16)27(37)20(14-34-15)29(39)36-19-7-8-23(21(31)12-19)40-24-9-10-33-22-11-17(28(38)32-2)13-35-26(22)24/h3-14H,1-2H3,(H,32,38)(H,34,37)(H,36,39). The number of hydrogen-bond donors (Lipinski definition) is 3. The van der Waals surface area contributed by atoms with Gasteiger partial charge in [-0.25, -0.2) is 13.8 Å². The van der Waals surface area contributed by atoms with E-state index in [1.165, 1.54) is 68.1 Å². The Balaban J connectivity index is 1.37. The van der Waals surface area contributed by atoms with Crippen molar-refractivity contribution in [3.8, 4) is 28.4 Å². The Morgan fingerprint density at radius 3 is 2.40 bits per heavy atom. The maximum absolute atomic E-state index is 15.0. The van der Waals surface area contributed by atoms with E-state index in [9.17, 15) is 23.5 Å². The van der Waals surface area contributed by atoms with Crippen LogP contribution in [-0.4, -0.2) is 38.9 Å². The molecule has 0 spiro atoms. The monoisotopic (exact) mass is 541 g/mol. The first-order valence-corrected chi connectivity index (χ1v) is 11.9. The summed E-state index contributed by atoms with van der Waals surface area (Å²) in [7, 11) is 1.50. The van der Waals surface area contributed by atoms with E-state index in [4.69, 9.17) is 4.74 Å². The van der Waals surface area contributed by atoms with Crippen molar-refractivity contribution in [2.24, 2.45) is 0 Å². The third-order valence-corrected chi connectivity index (χ3v) is 6.06. The molecule has 11 heteroatoms. The number of hydrogen-bond acceptors (Lipinski definition) is 7. The third kappa shape index (κ3) is 5.12. The Morgan fingerprint density at radius 1 is 0.900 bits per heavy atom. The summed E-state index contributed by atoms with van der Waals surface area (Å²) in [5, 5.41) is 15.9. The summed E-state index contributed by atoms with van der Waals surface area (Å²) >= 11 is 0. The van der Waals surface area contributed by atoms with E-state index in [1.807, 2.05) is 0 Å². The highest BCUT2D eigenvalue weighted by Gasteiger charge is 2.20. The van der Waals surface area contributed by atoms with E-state index in [1.54, 1.807) is 13.0 Å². The van der Waals surface area contributed by atoms with Gasteiger partial charge in [0.2, 0.25) is 0 Å². The number of benzene rings is 2. The number of aryl methyl sites for hydroxylation is 1. The second-order valence-electron chi connectivity index (χ2n) is 8.67. The third-order valence-electron chi connectivity index (χ3n) is 6.06. The molecule has 3 N–H and O–H groups in total. The molecule has 0 aliphatic rings. The Labute approximate surface area is 226 Å². The fourth-order valence-electron chi connectivity index (χ4n) is 4.06. The van der Waals surface area contributed by atoms with Crippen LogP contribution in [0.2, 0.25) is 0 Å². The summed E-state index contributed by atoms with van der Waals surface area (Å²) in [4.78, 5) is 37.4. The van der Waals surface area contributed by atoms with Gasteiger partial charge >= 0.3 is 0 Å². The molecule has 0 aliphatic heterocycles. The van der Waals surface area contributed by atoms with Crippen LogP contribution in [0.4, 0.5) is 14.5 Å². The summed E-state index contributed by atoms with van der Waals surface area (Å²) in [6, 6.07) is 12.3. The molecule has 0 fully saturated rings. The summed E-state index contributed by atoms with van der Waals surface area (Å²) < 4.78 is 34.1. The van der Waals surface area contributed by atoms with Crippen molar-refractivity contribution in [1.82, 2.24) is 20.3 Å². The zero-order valence-electron chi connectivity index (χ0n) is 21.2. The molecule has 9 nitrogen and oxygen atoms in total. The molecule has 200 valence electrons. The van der Waals surface area contributed by atoms with Gasteiger partial charge in [0.05, 0.1) is 11.1 Å². The first kappa shape index (κ1) is 26.2. The minimum atomic E-state index is -0.775. The van der Waals surface area contributed by atoms with Gasteiger partial charge in [-0.15, -0.1) is 0 Å². The zero-order valence-corrected chi connectivity index (χ0v) is 21.2. The normalized spacial score (nSPS) is 10.8. The molecule has 0 radical (unpaired) electrons. The average Bonchev–Trinajstić information content (AvgIpc) is 2.95. The van der Waals surface area contributed by atoms with Gasteiger partial charge in [0.15, 0.2) is 17.3 Å². The van der Waals surface area contributed by atoms with Crippen molar-refractivity contribution in [2.45, 2.75) is 6.92 Å². The number of aromatic nitrogens is 3. The molecule has 0 bridgehead atoms. The Morgan fingerprint density at radius 2 is 1.68 bits per heavy atom. The van der Waals surface area contributed by atoms with Crippen LogP contribution >= 0.6 is 0 Å². The Bertz CT molecular complexity index is 1780. The summed E-state index contributed by atoms with van der Waals surface area (Å²) in [5.74, 6) is -2.53. The predicted molar refractivity (Wildman–Crippen MR) is 143 cm³/mol. The van der Waals surface area contributed by atoms with Crippen LogP contribution in [0.25, 0.3) is 22.2 Å². The lowest BCUT2D eigenvalue weighted by Crippen LogP contribution is -2.17. The van der Waals surface area contributed by atoms with E-state index in [0.717, 1.165) is 6.07 Å². The fraction of sp³-hybridized carbons (Fsp3) is 0.0690. The van der Waals surface area contributed by atoms with Crippen LogP contribution in [0.15, 0.2) is 73.2 Å². The maximum Gasteiger partial charge on any atom is 0.261 e. The van der Waals surface area contributed by atoms with E-state index in [0.29, 0.717) is 27.9 Å². The molecule has 5 rings (SSSR count). The minimum absolute atomic E-state index is 0.103. The van der Waals surface area contributed by atoms with Crippen molar-refractivity contribution in [2.75, 3.05) is 12.4 Å². The molecular weight excluding hydrogens is 520 g/mol. The van der Waals surface area contributed by atoms with Crippen molar-refractivity contribution in [1.29, 1.82) is 0 Å². The number of amides is 2. The molecule has 0 saturated carbocycles. The van der Waals surface area contributed by atoms with Crippen LogP contribution in [0.5, 0.6) is 17.2 Å². The van der Waals surface area contributed by atoms with Gasteiger partial charge in [-0.05, 0) is 42.8 Å². The number of halogens is 2. The second-order valence-corrected chi connectivity index (χ2v) is 8.67. The van der Waals surface area contributed by atoms with Crippen molar-refractivity contribution in [3.05, 3.63) is 102 Å². The molecule has 40 heavy (non-hydrogen) atoms. The topological polar surface area (TPSA) is 126 Å². The average molecular weight is 542 g/mol. The maximum atomic E-state index is 15.0. The second kappa shape index (κ2) is 10.7. The summed E-state index contributed by atoms with van der Waals surface area (Å²) in [5.41, 5.74) is 2.18. The molecule has 0 aliphatic carbocycles. The first-order chi connectivity index (χ1) is 19.2. The zero-order chi connectivity index (χ0) is 28.4. The number of nitrogens with one attached hydrogen (secondary N) is 2. The van der Waals surface area contributed by atoms with Gasteiger partial charge in [0.25, 0.3) is 11.8 Å². The SMILES string of the molecule is CNC(=O)c1cnc2c(Oc3ccc(NC(=O)c4cnc(C)c(-c5ccc(F)cc5)c4O)cc3F)ccnc2c1. The van der Waals surface area contributed by atoms with Gasteiger partial charge in [-0.1, -0.05) is 12.1 Å². The van der Waals surface area contributed by atoms with Crippen LogP contribution < -0.4 is 15.4 Å². The van der Waals surface area contributed by atoms with Crippen molar-refractivity contribution < 1.29 is 28.2 Å². The molecule has 0 unspecified atom stereocenters. The highest BCUT2D eigenvalue weighted by Crippen LogP contribution is 2.35. The fourth-order valence-corrected chi connectivity index (χ4v) is 4.06. The van der Waals surface area contributed by atoms with Crippen LogP contribution in [0, 0.1) is 18.6 Å². The molecule has 0 atom stereocenters. The molecule has 3 heterocycles. The number of rotatable bonds is 6. The number of pyridine rings is 3. The van der Waals surface area contributed by atoms with Gasteiger partial charge in [0.1, 0.15) is 22.6 Å². The van der Waals surface area contributed by atoms with Gasteiger partial charge in [0, 0.05) is 54.7 Å². The number of aromatic hydroxyl groups is 1. The van der Waals surface area contributed by atoms with Crippen LogP contribution in [-0.2, 0) is 0 Å². The number of anilines is 1. The Hall–Kier alpha value is -5.45. The van der Waals surface area contributed by atoms with Gasteiger partial charge in [-0.2, -0.15) is 0 Å². The molecule has 0 saturated heterocycles. The number of carbonyl (C=O) groups is 2. The van der Waals surface area contributed by atoms with E-state index >= 15 is 0 Å². The number of fused-ring (bicyclic) bond motifs is 1. The van der Waals surface area contributed by atoms with Crippen molar-refractivity contribution >= 4 is 28.5 Å². The van der Waals surface area contributed by atoms with E-state index in [-0.39, 0.29) is 40.0 Å². The Kier molecular flexibility index (Phi) is 7.02. The minimum Gasteiger partial charge on any atom is -0.506 e. The lowest BCUT2D eigenvalue weighted by atomic mass is 10.0. The molecule has 2 amide bonds. The van der Waals surface area contributed by atoms with E-state index < -0.39 is 17.5 Å². The highest BCUT2D eigenvalue weighted by atomic mass is 19.1. The quantitative estimate of drug-likeness (QED) is 0.263. The van der Waals surface area contributed by atoms with Crippen LogP contribution in [0.3, 0.4) is 0 Å². The summed E-state index contributed by atoms with van der Waals surface area (Å²) in [6.07, 6.45) is 4.02.